The predicted molar refractivity (Wildman–Crippen MR) is 130 cm³/mol. The highest BCUT2D eigenvalue weighted by molar-refractivity contribution is 6.10. The lowest BCUT2D eigenvalue weighted by Gasteiger charge is -2.12. The Balaban J connectivity index is 1.75. The van der Waals surface area contributed by atoms with Crippen LogP contribution in [0, 0.1) is 32.1 Å². The van der Waals surface area contributed by atoms with Gasteiger partial charge in [0.25, 0.3) is 5.91 Å². The van der Waals surface area contributed by atoms with Gasteiger partial charge in [0.1, 0.15) is 17.3 Å². The molecule has 0 aliphatic carbocycles. The minimum atomic E-state index is -0.461. The first-order chi connectivity index (χ1) is 16.0. The number of nitrogens with zero attached hydrogens (tertiary/aromatic N) is 4. The summed E-state index contributed by atoms with van der Waals surface area (Å²) in [5, 5.41) is 17.4. The van der Waals surface area contributed by atoms with Gasteiger partial charge in [-0.1, -0.05) is 35.9 Å². The van der Waals surface area contributed by atoms with Crippen molar-refractivity contribution in [3.63, 3.8) is 0 Å². The predicted octanol–water partition coefficient (Wildman–Crippen LogP) is 5.41. The minimum Gasteiger partial charge on any atom is -0.321 e. The van der Waals surface area contributed by atoms with E-state index in [1.54, 1.807) is 23.2 Å². The van der Waals surface area contributed by atoms with Crippen LogP contribution < -0.4 is 5.32 Å². The van der Waals surface area contributed by atoms with Crippen LogP contribution in [-0.2, 0) is 4.79 Å². The number of benzene rings is 2. The second-order valence-electron chi connectivity index (χ2n) is 7.85. The molecule has 0 saturated heterocycles. The smallest absolute Gasteiger partial charge is 0.266 e. The summed E-state index contributed by atoms with van der Waals surface area (Å²) in [4.78, 5) is 17.2. The van der Waals surface area contributed by atoms with Gasteiger partial charge in [-0.2, -0.15) is 10.4 Å². The van der Waals surface area contributed by atoms with Gasteiger partial charge < -0.3 is 5.32 Å². The molecule has 0 aliphatic heterocycles. The zero-order chi connectivity index (χ0) is 23.4. The van der Waals surface area contributed by atoms with Gasteiger partial charge in [-0.3, -0.25) is 9.78 Å². The first-order valence-corrected chi connectivity index (χ1v) is 10.5. The normalized spacial score (nSPS) is 11.2. The van der Waals surface area contributed by atoms with Gasteiger partial charge >= 0.3 is 0 Å². The zero-order valence-corrected chi connectivity index (χ0v) is 18.7. The van der Waals surface area contributed by atoms with Crippen LogP contribution in [0.2, 0.25) is 0 Å². The van der Waals surface area contributed by atoms with E-state index in [9.17, 15) is 10.1 Å². The van der Waals surface area contributed by atoms with Crippen LogP contribution >= 0.6 is 0 Å². The summed E-state index contributed by atoms with van der Waals surface area (Å²) in [7, 11) is 0. The monoisotopic (exact) mass is 433 g/mol. The molecule has 4 aromatic rings. The molecule has 162 valence electrons. The van der Waals surface area contributed by atoms with Crippen molar-refractivity contribution in [3.8, 4) is 23.0 Å². The summed E-state index contributed by atoms with van der Waals surface area (Å²) in [6.07, 6.45) is 6.78. The lowest BCUT2D eigenvalue weighted by molar-refractivity contribution is -0.112. The summed E-state index contributed by atoms with van der Waals surface area (Å²) in [6.45, 7) is 5.89. The number of amides is 1. The van der Waals surface area contributed by atoms with Crippen LogP contribution in [0.1, 0.15) is 22.3 Å². The third-order valence-corrected chi connectivity index (χ3v) is 5.28. The molecular weight excluding hydrogens is 410 g/mol. The second-order valence-corrected chi connectivity index (χ2v) is 7.85. The van der Waals surface area contributed by atoms with Crippen molar-refractivity contribution in [1.82, 2.24) is 14.8 Å². The molecule has 2 aromatic carbocycles. The molecule has 0 aliphatic rings. The Morgan fingerprint density at radius 1 is 1.06 bits per heavy atom. The Bertz CT molecular complexity index is 1360. The third kappa shape index (κ3) is 4.73. The van der Waals surface area contributed by atoms with Gasteiger partial charge in [0.15, 0.2) is 0 Å². The Morgan fingerprint density at radius 3 is 2.42 bits per heavy atom. The highest BCUT2D eigenvalue weighted by atomic mass is 16.1. The van der Waals surface area contributed by atoms with Crippen LogP contribution in [0.5, 0.6) is 0 Å². The number of rotatable bonds is 5. The van der Waals surface area contributed by atoms with E-state index in [0.29, 0.717) is 11.3 Å². The summed E-state index contributed by atoms with van der Waals surface area (Å²) in [6, 6.07) is 19.4. The lowest BCUT2D eigenvalue weighted by atomic mass is 10.0. The maximum Gasteiger partial charge on any atom is 0.266 e. The molecule has 0 radical (unpaired) electrons. The Hall–Kier alpha value is -4.50. The van der Waals surface area contributed by atoms with E-state index in [4.69, 9.17) is 5.10 Å². The Morgan fingerprint density at radius 2 is 1.79 bits per heavy atom. The number of carbonyl (C=O) groups is 1. The highest BCUT2D eigenvalue weighted by Gasteiger charge is 2.17. The fraction of sp³-hybridized carbons (Fsp3) is 0.111. The number of para-hydroxylation sites is 1. The molecule has 0 unspecified atom stereocenters. The van der Waals surface area contributed by atoms with Gasteiger partial charge in [-0.15, -0.1) is 0 Å². The molecule has 2 aromatic heterocycles. The van der Waals surface area contributed by atoms with Crippen LogP contribution in [0.15, 0.2) is 78.8 Å². The van der Waals surface area contributed by atoms with Crippen molar-refractivity contribution in [3.05, 3.63) is 101 Å². The number of pyridine rings is 1. The molecule has 1 N–H and O–H groups in total. The minimum absolute atomic E-state index is 0.00729. The quantitative estimate of drug-likeness (QED) is 0.337. The average Bonchev–Trinajstić information content (AvgIpc) is 3.24. The number of hydrogen-bond donors (Lipinski definition) is 1. The summed E-state index contributed by atoms with van der Waals surface area (Å²) in [5.74, 6) is -0.461. The van der Waals surface area contributed by atoms with E-state index in [-0.39, 0.29) is 5.57 Å². The highest BCUT2D eigenvalue weighted by Crippen LogP contribution is 2.26. The molecule has 33 heavy (non-hydrogen) atoms. The molecule has 0 fully saturated rings. The van der Waals surface area contributed by atoms with Crippen LogP contribution in [0.4, 0.5) is 5.69 Å². The number of anilines is 1. The second kappa shape index (κ2) is 9.33. The molecular formula is C27H23N5O. The SMILES string of the molecule is Cc1cc(C)c(NC(=O)/C(C#N)=C\c2cn(-c3ccccc3)nc2-c2cccnc2)c(C)c1. The topological polar surface area (TPSA) is 83.6 Å². The van der Waals surface area contributed by atoms with E-state index in [2.05, 4.69) is 10.3 Å². The number of aromatic nitrogens is 3. The number of hydrogen-bond acceptors (Lipinski definition) is 4. The Kier molecular flexibility index (Phi) is 6.14. The molecule has 4 rings (SSSR count). The van der Waals surface area contributed by atoms with Crippen LogP contribution in [-0.4, -0.2) is 20.7 Å². The summed E-state index contributed by atoms with van der Waals surface area (Å²) < 4.78 is 1.73. The number of aryl methyl sites for hydroxylation is 3. The van der Waals surface area contributed by atoms with E-state index in [1.165, 1.54) is 0 Å². The van der Waals surface area contributed by atoms with Gasteiger partial charge in [-0.25, -0.2) is 4.68 Å². The van der Waals surface area contributed by atoms with Crippen molar-refractivity contribution in [2.45, 2.75) is 20.8 Å². The van der Waals surface area contributed by atoms with E-state index in [1.807, 2.05) is 87.6 Å². The average molecular weight is 434 g/mol. The lowest BCUT2D eigenvalue weighted by Crippen LogP contribution is -2.15. The van der Waals surface area contributed by atoms with Crippen molar-refractivity contribution < 1.29 is 4.79 Å². The third-order valence-electron chi connectivity index (χ3n) is 5.28. The van der Waals surface area contributed by atoms with Crippen molar-refractivity contribution in [2.24, 2.45) is 0 Å². The molecule has 6 nitrogen and oxygen atoms in total. The number of nitrogens with one attached hydrogen (secondary N) is 1. The Labute approximate surface area is 192 Å². The first kappa shape index (κ1) is 21.7. The van der Waals surface area contributed by atoms with E-state index < -0.39 is 5.91 Å². The molecule has 1 amide bonds. The fourth-order valence-electron chi connectivity index (χ4n) is 3.80. The largest absolute Gasteiger partial charge is 0.321 e. The molecule has 6 heteroatoms. The van der Waals surface area contributed by atoms with Gasteiger partial charge in [0.2, 0.25) is 0 Å². The maximum absolute atomic E-state index is 13.0. The number of carbonyl (C=O) groups excluding carboxylic acids is 1. The van der Waals surface area contributed by atoms with E-state index >= 15 is 0 Å². The van der Waals surface area contributed by atoms with Crippen molar-refractivity contribution in [2.75, 3.05) is 5.32 Å². The van der Waals surface area contributed by atoms with Crippen LogP contribution in [0.25, 0.3) is 23.0 Å². The van der Waals surface area contributed by atoms with Crippen molar-refractivity contribution in [1.29, 1.82) is 5.26 Å². The summed E-state index contributed by atoms with van der Waals surface area (Å²) in [5.41, 5.74) is 6.68. The van der Waals surface area contributed by atoms with E-state index in [0.717, 1.165) is 33.6 Å². The van der Waals surface area contributed by atoms with Gasteiger partial charge in [0.05, 0.1) is 5.69 Å². The van der Waals surface area contributed by atoms with Crippen LogP contribution in [0.3, 0.4) is 0 Å². The molecule has 2 heterocycles. The zero-order valence-electron chi connectivity index (χ0n) is 18.7. The molecule has 0 spiro atoms. The summed E-state index contributed by atoms with van der Waals surface area (Å²) >= 11 is 0. The van der Waals surface area contributed by atoms with Crippen molar-refractivity contribution >= 4 is 17.7 Å². The maximum atomic E-state index is 13.0. The fourth-order valence-corrected chi connectivity index (χ4v) is 3.80. The number of nitriles is 1. The first-order valence-electron chi connectivity index (χ1n) is 10.5. The standard InChI is InChI=1S/C27H23N5O/c1-18-12-19(2)25(20(3)13-18)30-27(33)22(15-28)14-23-17-32(24-9-5-4-6-10-24)31-26(23)21-8-7-11-29-16-21/h4-14,16-17H,1-3H3,(H,30,33)/b22-14-. The molecule has 0 bridgehead atoms. The van der Waals surface area contributed by atoms with Gasteiger partial charge in [-0.05, 0) is 62.2 Å². The molecule has 0 atom stereocenters. The van der Waals surface area contributed by atoms with Gasteiger partial charge in [0, 0.05) is 35.4 Å². The molecule has 0 saturated carbocycles.